The molecule has 1 atom stereocenters. The SMILES string of the molecule is Cn1c(=O)n(CC2CCCNC2)c(=O)c2cc(Cl)ccc21. The van der Waals surface area contributed by atoms with Crippen LogP contribution >= 0.6 is 11.6 Å². The summed E-state index contributed by atoms with van der Waals surface area (Å²) >= 11 is 5.98. The van der Waals surface area contributed by atoms with Crippen LogP contribution in [-0.2, 0) is 13.6 Å². The number of rotatable bonds is 2. The quantitative estimate of drug-likeness (QED) is 0.911. The molecule has 0 radical (unpaired) electrons. The standard InChI is InChI=1S/C15H18ClN3O2/c1-18-13-5-4-11(16)7-12(13)14(20)19(15(18)21)9-10-3-2-6-17-8-10/h4-5,7,10,17H,2-3,6,8-9H2,1H3. The van der Waals surface area contributed by atoms with E-state index in [0.29, 0.717) is 28.4 Å². The number of nitrogens with zero attached hydrogens (tertiary/aromatic N) is 2. The topological polar surface area (TPSA) is 56.0 Å². The maximum absolute atomic E-state index is 12.6. The molecule has 0 saturated carbocycles. The largest absolute Gasteiger partial charge is 0.331 e. The van der Waals surface area contributed by atoms with E-state index in [-0.39, 0.29) is 11.2 Å². The first-order chi connectivity index (χ1) is 10.1. The van der Waals surface area contributed by atoms with Gasteiger partial charge in [0, 0.05) is 18.6 Å². The third-order valence-electron chi connectivity index (χ3n) is 4.15. The van der Waals surface area contributed by atoms with Gasteiger partial charge >= 0.3 is 5.69 Å². The molecule has 1 unspecified atom stereocenters. The molecule has 112 valence electrons. The molecule has 0 aliphatic carbocycles. The highest BCUT2D eigenvalue weighted by atomic mass is 35.5. The van der Waals surface area contributed by atoms with Gasteiger partial charge in [0.2, 0.25) is 0 Å². The Balaban J connectivity index is 2.13. The van der Waals surface area contributed by atoms with Crippen molar-refractivity contribution < 1.29 is 0 Å². The lowest BCUT2D eigenvalue weighted by atomic mass is 10.00. The second-order valence-corrected chi connectivity index (χ2v) is 6.07. The predicted octanol–water partition coefficient (Wildman–Crippen LogP) is 1.35. The fourth-order valence-electron chi connectivity index (χ4n) is 2.99. The van der Waals surface area contributed by atoms with Crippen LogP contribution in [-0.4, -0.2) is 22.2 Å². The summed E-state index contributed by atoms with van der Waals surface area (Å²) in [5.74, 6) is 0.320. The minimum Gasteiger partial charge on any atom is -0.316 e. The number of hydrogen-bond donors (Lipinski definition) is 1. The molecule has 0 bridgehead atoms. The fourth-order valence-corrected chi connectivity index (χ4v) is 3.16. The van der Waals surface area contributed by atoms with Crippen LogP contribution < -0.4 is 16.6 Å². The molecule has 1 fully saturated rings. The number of hydrogen-bond acceptors (Lipinski definition) is 3. The molecule has 0 amide bonds. The maximum Gasteiger partial charge on any atom is 0.331 e. The van der Waals surface area contributed by atoms with Gasteiger partial charge in [0.05, 0.1) is 10.9 Å². The van der Waals surface area contributed by atoms with E-state index in [0.717, 1.165) is 25.9 Å². The van der Waals surface area contributed by atoms with E-state index in [1.54, 1.807) is 25.2 Å². The van der Waals surface area contributed by atoms with Crippen molar-refractivity contribution in [1.29, 1.82) is 0 Å². The summed E-state index contributed by atoms with van der Waals surface area (Å²) in [6.07, 6.45) is 2.12. The molecular formula is C15H18ClN3O2. The zero-order chi connectivity index (χ0) is 15.0. The summed E-state index contributed by atoms with van der Waals surface area (Å²) in [6.45, 7) is 2.32. The highest BCUT2D eigenvalue weighted by Gasteiger charge is 2.18. The number of halogens is 1. The van der Waals surface area contributed by atoms with Crippen LogP contribution in [0.15, 0.2) is 27.8 Å². The van der Waals surface area contributed by atoms with Crippen molar-refractivity contribution in [2.75, 3.05) is 13.1 Å². The molecule has 1 aromatic heterocycles. The van der Waals surface area contributed by atoms with Gasteiger partial charge in [-0.1, -0.05) is 11.6 Å². The normalized spacial score (nSPS) is 19.0. The summed E-state index contributed by atoms with van der Waals surface area (Å²) in [4.78, 5) is 25.0. The van der Waals surface area contributed by atoms with Gasteiger partial charge in [-0.05, 0) is 50.0 Å². The lowest BCUT2D eigenvalue weighted by Gasteiger charge is -2.23. The number of fused-ring (bicyclic) bond motifs is 1. The number of benzene rings is 1. The van der Waals surface area contributed by atoms with Crippen molar-refractivity contribution in [2.45, 2.75) is 19.4 Å². The van der Waals surface area contributed by atoms with E-state index in [4.69, 9.17) is 11.6 Å². The van der Waals surface area contributed by atoms with Crippen molar-refractivity contribution >= 4 is 22.5 Å². The van der Waals surface area contributed by atoms with E-state index >= 15 is 0 Å². The third kappa shape index (κ3) is 2.63. The fraction of sp³-hybridized carbons (Fsp3) is 0.467. The predicted molar refractivity (Wildman–Crippen MR) is 84.1 cm³/mol. The first-order valence-corrected chi connectivity index (χ1v) is 7.55. The first-order valence-electron chi connectivity index (χ1n) is 7.17. The minimum absolute atomic E-state index is 0.249. The molecule has 2 aromatic rings. The van der Waals surface area contributed by atoms with E-state index in [2.05, 4.69) is 5.32 Å². The van der Waals surface area contributed by atoms with Crippen LogP contribution in [0.5, 0.6) is 0 Å². The molecule has 21 heavy (non-hydrogen) atoms. The second kappa shape index (κ2) is 5.66. The lowest BCUT2D eigenvalue weighted by Crippen LogP contribution is -2.43. The molecule has 1 saturated heterocycles. The Bertz CT molecular complexity index is 788. The molecule has 1 N–H and O–H groups in total. The molecule has 0 spiro atoms. The Morgan fingerprint density at radius 3 is 2.90 bits per heavy atom. The zero-order valence-corrected chi connectivity index (χ0v) is 12.7. The van der Waals surface area contributed by atoms with Gasteiger partial charge in [0.15, 0.2) is 0 Å². The molecule has 6 heteroatoms. The van der Waals surface area contributed by atoms with Crippen LogP contribution in [0.25, 0.3) is 10.9 Å². The first kappa shape index (κ1) is 14.4. The van der Waals surface area contributed by atoms with Crippen molar-refractivity contribution in [2.24, 2.45) is 13.0 Å². The van der Waals surface area contributed by atoms with E-state index in [1.807, 2.05) is 0 Å². The van der Waals surface area contributed by atoms with Crippen LogP contribution in [0.3, 0.4) is 0 Å². The summed E-state index contributed by atoms with van der Waals surface area (Å²) < 4.78 is 2.86. The minimum atomic E-state index is -0.264. The molecule has 1 aliphatic rings. The van der Waals surface area contributed by atoms with Gasteiger partial charge in [0.25, 0.3) is 5.56 Å². The zero-order valence-electron chi connectivity index (χ0n) is 11.9. The number of aryl methyl sites for hydroxylation is 1. The van der Waals surface area contributed by atoms with Crippen molar-refractivity contribution in [3.8, 4) is 0 Å². The molecule has 1 aromatic carbocycles. The number of aromatic nitrogens is 2. The van der Waals surface area contributed by atoms with Crippen LogP contribution in [0.1, 0.15) is 12.8 Å². The Labute approximate surface area is 127 Å². The van der Waals surface area contributed by atoms with E-state index in [1.165, 1.54) is 9.13 Å². The molecule has 2 heterocycles. The average molecular weight is 308 g/mol. The average Bonchev–Trinajstić information content (AvgIpc) is 2.50. The Morgan fingerprint density at radius 1 is 1.38 bits per heavy atom. The van der Waals surface area contributed by atoms with Crippen molar-refractivity contribution in [3.05, 3.63) is 44.1 Å². The number of piperidine rings is 1. The lowest BCUT2D eigenvalue weighted by molar-refractivity contribution is 0.327. The Morgan fingerprint density at radius 2 is 2.19 bits per heavy atom. The van der Waals surface area contributed by atoms with Gasteiger partial charge in [-0.25, -0.2) is 4.79 Å². The van der Waals surface area contributed by atoms with Crippen LogP contribution in [0.2, 0.25) is 5.02 Å². The van der Waals surface area contributed by atoms with Gasteiger partial charge in [-0.2, -0.15) is 0 Å². The van der Waals surface area contributed by atoms with Gasteiger partial charge in [-0.3, -0.25) is 13.9 Å². The highest BCUT2D eigenvalue weighted by molar-refractivity contribution is 6.31. The maximum atomic E-state index is 12.6. The smallest absolute Gasteiger partial charge is 0.316 e. The number of nitrogens with one attached hydrogen (secondary N) is 1. The van der Waals surface area contributed by atoms with E-state index < -0.39 is 0 Å². The third-order valence-corrected chi connectivity index (χ3v) is 4.39. The molecule has 1 aliphatic heterocycles. The Hall–Kier alpha value is -1.59. The van der Waals surface area contributed by atoms with Crippen molar-refractivity contribution in [3.63, 3.8) is 0 Å². The molecule has 3 rings (SSSR count). The summed E-state index contributed by atoms with van der Waals surface area (Å²) in [5, 5.41) is 4.31. The second-order valence-electron chi connectivity index (χ2n) is 5.63. The summed E-state index contributed by atoms with van der Waals surface area (Å²) in [7, 11) is 1.69. The monoisotopic (exact) mass is 307 g/mol. The van der Waals surface area contributed by atoms with E-state index in [9.17, 15) is 9.59 Å². The Kier molecular flexibility index (Phi) is 3.87. The van der Waals surface area contributed by atoms with Crippen molar-refractivity contribution in [1.82, 2.24) is 14.5 Å². The van der Waals surface area contributed by atoms with Gasteiger partial charge in [0.1, 0.15) is 0 Å². The summed E-state index contributed by atoms with van der Waals surface area (Å²) in [6, 6.07) is 5.04. The van der Waals surface area contributed by atoms with Gasteiger partial charge in [-0.15, -0.1) is 0 Å². The molecule has 5 nitrogen and oxygen atoms in total. The van der Waals surface area contributed by atoms with Crippen LogP contribution in [0.4, 0.5) is 0 Å². The summed E-state index contributed by atoms with van der Waals surface area (Å²) in [5.41, 5.74) is 0.106. The van der Waals surface area contributed by atoms with Gasteiger partial charge < -0.3 is 5.32 Å². The molecular weight excluding hydrogens is 290 g/mol. The van der Waals surface area contributed by atoms with Crippen LogP contribution in [0, 0.1) is 5.92 Å². The highest BCUT2D eigenvalue weighted by Crippen LogP contribution is 2.16.